The molecule has 0 unspecified atom stereocenters. The SMILES string of the molecule is CSc1ccnn1-c1ccccc1C. The molecule has 3 heteroatoms. The Bertz CT molecular complexity index is 434. The Balaban J connectivity index is 2.54. The molecule has 0 aliphatic carbocycles. The summed E-state index contributed by atoms with van der Waals surface area (Å²) in [5, 5.41) is 5.48. The van der Waals surface area contributed by atoms with Crippen molar-refractivity contribution in [2.24, 2.45) is 0 Å². The number of thioether (sulfide) groups is 1. The van der Waals surface area contributed by atoms with Crippen LogP contribution in [0.5, 0.6) is 0 Å². The third-order valence-electron chi connectivity index (χ3n) is 2.16. The van der Waals surface area contributed by atoms with Crippen molar-refractivity contribution in [2.75, 3.05) is 6.26 Å². The average molecular weight is 204 g/mol. The molecule has 0 fully saturated rings. The van der Waals surface area contributed by atoms with Gasteiger partial charge in [0.1, 0.15) is 0 Å². The van der Waals surface area contributed by atoms with Gasteiger partial charge in [-0.1, -0.05) is 18.2 Å². The van der Waals surface area contributed by atoms with E-state index in [1.54, 1.807) is 11.8 Å². The minimum Gasteiger partial charge on any atom is -0.227 e. The van der Waals surface area contributed by atoms with E-state index in [1.165, 1.54) is 10.6 Å². The molecular formula is C11H12N2S. The van der Waals surface area contributed by atoms with Crippen molar-refractivity contribution in [3.05, 3.63) is 42.1 Å². The lowest BCUT2D eigenvalue weighted by atomic mass is 10.2. The maximum Gasteiger partial charge on any atom is 0.0996 e. The van der Waals surface area contributed by atoms with E-state index in [1.807, 2.05) is 29.1 Å². The molecule has 0 radical (unpaired) electrons. The zero-order valence-electron chi connectivity index (χ0n) is 8.27. The van der Waals surface area contributed by atoms with Crippen molar-refractivity contribution in [3.8, 4) is 5.69 Å². The summed E-state index contributed by atoms with van der Waals surface area (Å²) in [5.74, 6) is 0. The van der Waals surface area contributed by atoms with E-state index in [4.69, 9.17) is 0 Å². The number of nitrogens with zero attached hydrogens (tertiary/aromatic N) is 2. The van der Waals surface area contributed by atoms with Gasteiger partial charge < -0.3 is 0 Å². The van der Waals surface area contributed by atoms with E-state index in [9.17, 15) is 0 Å². The minimum absolute atomic E-state index is 1.15. The third-order valence-corrected chi connectivity index (χ3v) is 2.89. The standard InChI is InChI=1S/C11H12N2S/c1-9-5-3-4-6-10(9)13-11(14-2)7-8-12-13/h3-8H,1-2H3. The van der Waals surface area contributed by atoms with Crippen molar-refractivity contribution in [2.45, 2.75) is 11.9 Å². The number of rotatable bonds is 2. The van der Waals surface area contributed by atoms with Crippen LogP contribution < -0.4 is 0 Å². The van der Waals surface area contributed by atoms with Crippen LogP contribution in [-0.2, 0) is 0 Å². The molecule has 2 aromatic rings. The molecule has 2 rings (SSSR count). The average Bonchev–Trinajstić information content (AvgIpc) is 2.66. The molecular weight excluding hydrogens is 192 g/mol. The molecule has 0 amide bonds. The van der Waals surface area contributed by atoms with E-state index >= 15 is 0 Å². The van der Waals surface area contributed by atoms with E-state index in [-0.39, 0.29) is 0 Å². The van der Waals surface area contributed by atoms with Gasteiger partial charge in [0, 0.05) is 0 Å². The van der Waals surface area contributed by atoms with E-state index < -0.39 is 0 Å². The lowest BCUT2D eigenvalue weighted by Crippen LogP contribution is -1.99. The predicted octanol–water partition coefficient (Wildman–Crippen LogP) is 2.90. The maximum absolute atomic E-state index is 4.31. The van der Waals surface area contributed by atoms with Crippen LogP contribution in [0.15, 0.2) is 41.6 Å². The normalized spacial score (nSPS) is 10.4. The molecule has 72 valence electrons. The Kier molecular flexibility index (Phi) is 2.59. The molecule has 1 aromatic carbocycles. The number of para-hydroxylation sites is 1. The van der Waals surface area contributed by atoms with Crippen molar-refractivity contribution in [1.82, 2.24) is 9.78 Å². The van der Waals surface area contributed by atoms with Gasteiger partial charge in [-0.3, -0.25) is 0 Å². The summed E-state index contributed by atoms with van der Waals surface area (Å²) in [6, 6.07) is 10.3. The van der Waals surface area contributed by atoms with Crippen LogP contribution in [0.1, 0.15) is 5.56 Å². The lowest BCUT2D eigenvalue weighted by molar-refractivity contribution is 0.798. The summed E-state index contributed by atoms with van der Waals surface area (Å²) < 4.78 is 1.97. The molecule has 0 atom stereocenters. The van der Waals surface area contributed by atoms with Crippen LogP contribution >= 0.6 is 11.8 Å². The predicted molar refractivity (Wildman–Crippen MR) is 60.1 cm³/mol. The topological polar surface area (TPSA) is 17.8 Å². The molecule has 0 bridgehead atoms. The smallest absolute Gasteiger partial charge is 0.0996 e. The first-order chi connectivity index (χ1) is 6.83. The number of hydrogen-bond acceptors (Lipinski definition) is 2. The lowest BCUT2D eigenvalue weighted by Gasteiger charge is -2.07. The Labute approximate surface area is 87.9 Å². The summed E-state index contributed by atoms with van der Waals surface area (Å²) in [6.45, 7) is 2.10. The third kappa shape index (κ3) is 1.55. The highest BCUT2D eigenvalue weighted by molar-refractivity contribution is 7.98. The van der Waals surface area contributed by atoms with Crippen molar-refractivity contribution in [1.29, 1.82) is 0 Å². The fourth-order valence-electron chi connectivity index (χ4n) is 1.43. The Morgan fingerprint density at radius 2 is 2.00 bits per heavy atom. The summed E-state index contributed by atoms with van der Waals surface area (Å²) in [5.41, 5.74) is 2.40. The molecule has 0 N–H and O–H groups in total. The second kappa shape index (κ2) is 3.88. The van der Waals surface area contributed by atoms with Gasteiger partial charge in [-0.15, -0.1) is 11.8 Å². The summed E-state index contributed by atoms with van der Waals surface area (Å²) in [7, 11) is 0. The highest BCUT2D eigenvalue weighted by atomic mass is 32.2. The molecule has 0 saturated heterocycles. The molecule has 1 heterocycles. The fraction of sp³-hybridized carbons (Fsp3) is 0.182. The monoisotopic (exact) mass is 204 g/mol. The van der Waals surface area contributed by atoms with Crippen LogP contribution in [0.25, 0.3) is 5.69 Å². The van der Waals surface area contributed by atoms with Gasteiger partial charge in [-0.25, -0.2) is 4.68 Å². The van der Waals surface area contributed by atoms with Crippen LogP contribution in [0, 0.1) is 6.92 Å². The quantitative estimate of drug-likeness (QED) is 0.700. The largest absolute Gasteiger partial charge is 0.227 e. The fourth-order valence-corrected chi connectivity index (χ4v) is 1.94. The number of aryl methyl sites for hydroxylation is 1. The van der Waals surface area contributed by atoms with Gasteiger partial charge in [0.2, 0.25) is 0 Å². The first-order valence-electron chi connectivity index (χ1n) is 4.47. The van der Waals surface area contributed by atoms with Gasteiger partial charge in [-0.2, -0.15) is 5.10 Å². The first kappa shape index (κ1) is 9.34. The molecule has 0 spiro atoms. The molecule has 0 aliphatic heterocycles. The highest BCUT2D eigenvalue weighted by Gasteiger charge is 2.04. The molecule has 1 aromatic heterocycles. The molecule has 0 saturated carbocycles. The molecule has 2 nitrogen and oxygen atoms in total. The van der Waals surface area contributed by atoms with Gasteiger partial charge in [-0.05, 0) is 30.9 Å². The maximum atomic E-state index is 4.31. The summed E-state index contributed by atoms with van der Waals surface area (Å²) in [4.78, 5) is 0. The van der Waals surface area contributed by atoms with E-state index in [2.05, 4.69) is 30.4 Å². The zero-order chi connectivity index (χ0) is 9.97. The highest BCUT2D eigenvalue weighted by Crippen LogP contribution is 2.20. The van der Waals surface area contributed by atoms with Crippen LogP contribution in [0.2, 0.25) is 0 Å². The van der Waals surface area contributed by atoms with Crippen molar-refractivity contribution in [3.63, 3.8) is 0 Å². The van der Waals surface area contributed by atoms with Gasteiger partial charge in [0.05, 0.1) is 16.9 Å². The first-order valence-corrected chi connectivity index (χ1v) is 5.69. The summed E-state index contributed by atoms with van der Waals surface area (Å²) in [6.07, 6.45) is 3.89. The van der Waals surface area contributed by atoms with E-state index in [0.29, 0.717) is 0 Å². The Morgan fingerprint density at radius 1 is 1.21 bits per heavy atom. The molecule has 0 aliphatic rings. The second-order valence-corrected chi connectivity index (χ2v) is 3.90. The van der Waals surface area contributed by atoms with Gasteiger partial charge >= 0.3 is 0 Å². The second-order valence-electron chi connectivity index (χ2n) is 3.07. The van der Waals surface area contributed by atoms with Crippen LogP contribution in [-0.4, -0.2) is 16.0 Å². The summed E-state index contributed by atoms with van der Waals surface area (Å²) >= 11 is 1.71. The van der Waals surface area contributed by atoms with Crippen molar-refractivity contribution >= 4 is 11.8 Å². The van der Waals surface area contributed by atoms with Gasteiger partial charge in [0.15, 0.2) is 0 Å². The minimum atomic E-state index is 1.15. The van der Waals surface area contributed by atoms with Gasteiger partial charge in [0.25, 0.3) is 0 Å². The zero-order valence-corrected chi connectivity index (χ0v) is 9.08. The van der Waals surface area contributed by atoms with Crippen molar-refractivity contribution < 1.29 is 0 Å². The molecule has 14 heavy (non-hydrogen) atoms. The number of benzene rings is 1. The van der Waals surface area contributed by atoms with Crippen LogP contribution in [0.3, 0.4) is 0 Å². The number of hydrogen-bond donors (Lipinski definition) is 0. The van der Waals surface area contributed by atoms with E-state index in [0.717, 1.165) is 5.69 Å². The Morgan fingerprint density at radius 3 is 2.71 bits per heavy atom. The van der Waals surface area contributed by atoms with Crippen LogP contribution in [0.4, 0.5) is 0 Å². The Hall–Kier alpha value is -1.22. The number of aromatic nitrogens is 2.